The van der Waals surface area contributed by atoms with Gasteiger partial charge < -0.3 is 14.6 Å². The molecule has 1 saturated heterocycles. The number of carbonyl (C=O) groups is 2. The van der Waals surface area contributed by atoms with E-state index in [1.165, 1.54) is 56.8 Å². The van der Waals surface area contributed by atoms with Crippen LogP contribution in [0.4, 0.5) is 14.5 Å². The molecule has 226 valence electrons. The van der Waals surface area contributed by atoms with Gasteiger partial charge in [0.15, 0.2) is 0 Å². The highest BCUT2D eigenvalue weighted by Crippen LogP contribution is 2.43. The highest BCUT2D eigenvalue weighted by Gasteiger charge is 2.44. The van der Waals surface area contributed by atoms with Crippen LogP contribution in [0.3, 0.4) is 0 Å². The predicted octanol–water partition coefficient (Wildman–Crippen LogP) is 5.52. The van der Waals surface area contributed by atoms with Crippen molar-refractivity contribution < 1.29 is 31.2 Å². The molecule has 6 rings (SSSR count). The van der Waals surface area contributed by atoms with Crippen LogP contribution in [0.1, 0.15) is 33.6 Å². The van der Waals surface area contributed by atoms with Gasteiger partial charge >= 0.3 is 0 Å². The molecule has 8 nitrogen and oxygen atoms in total. The van der Waals surface area contributed by atoms with Gasteiger partial charge in [0, 0.05) is 41.2 Å². The predicted molar refractivity (Wildman–Crippen MR) is 163 cm³/mol. The Bertz CT molecular complexity index is 1770. The molecule has 0 spiro atoms. The third-order valence-electron chi connectivity index (χ3n) is 7.96. The number of carbonyl (C=O) groups excluding carboxylic acids is 2. The maximum atomic E-state index is 13.5. The SMILES string of the molecule is CN1CCC2CC21.CNC(=O)c1c(-c2ccc(F)cc2)oc2cc(N(CCF)S(C)(=O)=O)c(-c3cccc(C=O)c3)cc12. The molecule has 2 atom stereocenters. The quantitative estimate of drug-likeness (QED) is 0.264. The number of anilines is 1. The number of piperidine rings is 1. The molecule has 3 aromatic carbocycles. The molecule has 2 heterocycles. The van der Waals surface area contributed by atoms with Gasteiger partial charge in [0.2, 0.25) is 10.0 Å². The smallest absolute Gasteiger partial charge is 0.255 e. The highest BCUT2D eigenvalue weighted by molar-refractivity contribution is 7.92. The van der Waals surface area contributed by atoms with E-state index in [2.05, 4.69) is 17.3 Å². The third kappa shape index (κ3) is 6.33. The lowest BCUT2D eigenvalue weighted by Gasteiger charge is -2.24. The van der Waals surface area contributed by atoms with E-state index >= 15 is 0 Å². The Hall–Kier alpha value is -4.09. The van der Waals surface area contributed by atoms with Crippen LogP contribution in [-0.2, 0) is 10.0 Å². The summed E-state index contributed by atoms with van der Waals surface area (Å²) < 4.78 is 59.1. The minimum atomic E-state index is -3.92. The van der Waals surface area contributed by atoms with Gasteiger partial charge in [-0.2, -0.15) is 0 Å². The number of nitrogens with zero attached hydrogens (tertiary/aromatic N) is 2. The lowest BCUT2D eigenvalue weighted by Crippen LogP contribution is -2.32. The average molecular weight is 610 g/mol. The number of fused-ring (bicyclic) bond motifs is 2. The zero-order valence-electron chi connectivity index (χ0n) is 24.1. The molecule has 4 aromatic rings. The zero-order chi connectivity index (χ0) is 30.9. The van der Waals surface area contributed by atoms with Crippen molar-refractivity contribution in [1.29, 1.82) is 0 Å². The topological polar surface area (TPSA) is 99.9 Å². The van der Waals surface area contributed by atoms with Gasteiger partial charge in [0.25, 0.3) is 5.91 Å². The van der Waals surface area contributed by atoms with Crippen LogP contribution in [0.25, 0.3) is 33.4 Å². The van der Waals surface area contributed by atoms with Gasteiger partial charge in [-0.15, -0.1) is 0 Å². The number of rotatable bonds is 8. The first-order valence-electron chi connectivity index (χ1n) is 13.9. The van der Waals surface area contributed by atoms with Crippen molar-refractivity contribution in [3.63, 3.8) is 0 Å². The number of alkyl halides is 1. The van der Waals surface area contributed by atoms with Gasteiger partial charge in [0.1, 0.15) is 30.1 Å². The molecule has 2 unspecified atom stereocenters. The molecular weight excluding hydrogens is 576 g/mol. The summed E-state index contributed by atoms with van der Waals surface area (Å²) in [5.74, 6) is 0.332. The molecule has 0 bridgehead atoms. The van der Waals surface area contributed by atoms with Gasteiger partial charge in [-0.05, 0) is 74.3 Å². The van der Waals surface area contributed by atoms with E-state index in [1.807, 2.05) is 0 Å². The fraction of sp³-hybridized carbons (Fsp3) is 0.312. The van der Waals surface area contributed by atoms with Crippen molar-refractivity contribution in [1.82, 2.24) is 10.2 Å². The Morgan fingerprint density at radius 3 is 2.42 bits per heavy atom. The number of aldehydes is 1. The maximum Gasteiger partial charge on any atom is 0.255 e. The van der Waals surface area contributed by atoms with Gasteiger partial charge in [0.05, 0.1) is 24.1 Å². The van der Waals surface area contributed by atoms with Crippen LogP contribution in [0.5, 0.6) is 0 Å². The molecule has 1 N–H and O–H groups in total. The zero-order valence-corrected chi connectivity index (χ0v) is 25.0. The van der Waals surface area contributed by atoms with Gasteiger partial charge in [-0.3, -0.25) is 13.9 Å². The maximum absolute atomic E-state index is 13.5. The van der Waals surface area contributed by atoms with Crippen LogP contribution < -0.4 is 9.62 Å². The van der Waals surface area contributed by atoms with E-state index in [9.17, 15) is 26.8 Å². The summed E-state index contributed by atoms with van der Waals surface area (Å²) in [5.41, 5.74) is 2.06. The van der Waals surface area contributed by atoms with Crippen LogP contribution >= 0.6 is 0 Å². The molecule has 0 radical (unpaired) electrons. The van der Waals surface area contributed by atoms with Crippen LogP contribution in [0, 0.1) is 11.7 Å². The molecule has 1 amide bonds. The monoisotopic (exact) mass is 609 g/mol. The fourth-order valence-electron chi connectivity index (χ4n) is 5.66. The van der Waals surface area contributed by atoms with Crippen molar-refractivity contribution in [3.8, 4) is 22.5 Å². The normalized spacial score (nSPS) is 17.6. The molecule has 2 fully saturated rings. The molecule has 2 aliphatic rings. The Labute approximate surface area is 249 Å². The number of nitrogens with one attached hydrogen (secondary N) is 1. The first-order valence-corrected chi connectivity index (χ1v) is 15.8. The Morgan fingerprint density at radius 2 is 1.88 bits per heavy atom. The summed E-state index contributed by atoms with van der Waals surface area (Å²) in [7, 11) is -0.232. The number of halogens is 2. The molecule has 11 heteroatoms. The van der Waals surface area contributed by atoms with Gasteiger partial charge in [-0.25, -0.2) is 17.2 Å². The standard InChI is InChI=1S/C26H22F2N2O5S.C6H11N/c1-29-26(32)24-21-13-20(18-5-3-4-16(12-18)15-31)22(30(11-10-27)36(2,33)34)14-23(21)35-25(24)17-6-8-19(28)9-7-17;1-7-3-2-5-4-6(5)7/h3-9,12-15H,10-11H2,1-2H3,(H,29,32);5-6H,2-4H2,1H3. The van der Waals surface area contributed by atoms with Crippen molar-refractivity contribution in [3.05, 3.63) is 77.6 Å². The van der Waals surface area contributed by atoms with E-state index in [0.717, 1.165) is 22.5 Å². The van der Waals surface area contributed by atoms with E-state index in [1.54, 1.807) is 30.3 Å². The summed E-state index contributed by atoms with van der Waals surface area (Å²) in [6, 6.07) is 15.8. The largest absolute Gasteiger partial charge is 0.455 e. The molecule has 1 aromatic heterocycles. The number of hydrogen-bond donors (Lipinski definition) is 1. The Balaban J connectivity index is 0.000000454. The number of benzene rings is 3. The second kappa shape index (κ2) is 12.3. The summed E-state index contributed by atoms with van der Waals surface area (Å²) in [4.78, 5) is 26.8. The lowest BCUT2D eigenvalue weighted by molar-refractivity contribution is 0.0964. The van der Waals surface area contributed by atoms with Crippen LogP contribution in [0.15, 0.2) is 65.1 Å². The number of amides is 1. The highest BCUT2D eigenvalue weighted by atomic mass is 32.2. The molecule has 43 heavy (non-hydrogen) atoms. The summed E-state index contributed by atoms with van der Waals surface area (Å²) in [6.45, 7) is -0.0325. The minimum absolute atomic E-state index is 0.119. The second-order valence-electron chi connectivity index (χ2n) is 10.9. The molecule has 1 aliphatic carbocycles. The third-order valence-corrected chi connectivity index (χ3v) is 9.14. The van der Waals surface area contributed by atoms with E-state index in [0.29, 0.717) is 33.9 Å². The van der Waals surface area contributed by atoms with E-state index in [4.69, 9.17) is 4.42 Å². The molecule has 1 saturated carbocycles. The fourth-order valence-corrected chi connectivity index (χ4v) is 6.57. The number of likely N-dealkylation sites (tertiary alicyclic amines) is 1. The summed E-state index contributed by atoms with van der Waals surface area (Å²) in [6.07, 6.45) is 4.58. The lowest BCUT2D eigenvalue weighted by atomic mass is 9.97. The summed E-state index contributed by atoms with van der Waals surface area (Å²) in [5, 5.41) is 2.92. The van der Waals surface area contributed by atoms with E-state index < -0.39 is 35.0 Å². The first-order chi connectivity index (χ1) is 20.5. The average Bonchev–Trinajstić information content (AvgIpc) is 3.57. The number of furan rings is 1. The molecular formula is C32H33F2N3O5S. The van der Waals surface area contributed by atoms with Crippen molar-refractivity contribution in [2.75, 3.05) is 44.4 Å². The minimum Gasteiger partial charge on any atom is -0.455 e. The van der Waals surface area contributed by atoms with E-state index in [-0.39, 0.29) is 22.6 Å². The Kier molecular flexibility index (Phi) is 8.66. The first kappa shape index (κ1) is 30.4. The van der Waals surface area contributed by atoms with Crippen molar-refractivity contribution in [2.45, 2.75) is 18.9 Å². The van der Waals surface area contributed by atoms with Crippen molar-refractivity contribution in [2.24, 2.45) is 5.92 Å². The van der Waals surface area contributed by atoms with Crippen LogP contribution in [0.2, 0.25) is 0 Å². The van der Waals surface area contributed by atoms with Crippen molar-refractivity contribution >= 4 is 38.9 Å². The van der Waals surface area contributed by atoms with Gasteiger partial charge in [-0.1, -0.05) is 18.2 Å². The second-order valence-corrected chi connectivity index (χ2v) is 12.8. The number of hydrogen-bond acceptors (Lipinski definition) is 6. The molecule has 1 aliphatic heterocycles. The van der Waals surface area contributed by atoms with Crippen LogP contribution in [-0.4, -0.2) is 71.7 Å². The number of sulfonamides is 1. The summed E-state index contributed by atoms with van der Waals surface area (Å²) >= 11 is 0. The Morgan fingerprint density at radius 1 is 1.14 bits per heavy atom.